The van der Waals surface area contributed by atoms with Crippen molar-refractivity contribution in [3.8, 4) is 0 Å². The summed E-state index contributed by atoms with van der Waals surface area (Å²) in [5.74, 6) is -1.03. The second kappa shape index (κ2) is 9.02. The number of alkyl halides is 3. The van der Waals surface area contributed by atoms with E-state index in [2.05, 4.69) is 12.1 Å². The number of aryl methyl sites for hydroxylation is 4. The number of carboxylic acid groups (broad SMARTS) is 1. The number of hydrogen-bond donors (Lipinski definition) is 1. The minimum Gasteiger partial charge on any atom is -0.478 e. The van der Waals surface area contributed by atoms with Crippen LogP contribution in [0.5, 0.6) is 0 Å². The number of benzene rings is 2. The zero-order valence-corrected chi connectivity index (χ0v) is 18.9. The van der Waals surface area contributed by atoms with E-state index in [1.165, 1.54) is 23.5 Å². The molecule has 0 bridgehead atoms. The Morgan fingerprint density at radius 3 is 2.64 bits per heavy atom. The number of fused-ring (bicyclic) bond motifs is 2. The Labute approximate surface area is 192 Å². The Bertz CT molecular complexity index is 1360. The summed E-state index contributed by atoms with van der Waals surface area (Å²) in [6.07, 6.45) is 1.18. The average Bonchev–Trinajstić information content (AvgIpc) is 3.30. The highest BCUT2D eigenvalue weighted by atomic mass is 32.1. The SMILES string of the molecule is CCCc1c(CCc2noc3cc(C=CC(=O)O)c(C)cc23)sc2cc(C(F)(F)F)ccc12. The molecular weight excluding hydrogens is 451 g/mol. The number of halogens is 3. The summed E-state index contributed by atoms with van der Waals surface area (Å²) in [5.41, 5.74) is 3.46. The quantitative estimate of drug-likeness (QED) is 0.288. The van der Waals surface area contributed by atoms with Crippen molar-refractivity contribution in [1.29, 1.82) is 0 Å². The summed E-state index contributed by atoms with van der Waals surface area (Å²) in [4.78, 5) is 11.9. The van der Waals surface area contributed by atoms with Gasteiger partial charge in [0.15, 0.2) is 5.58 Å². The lowest BCUT2D eigenvalue weighted by atomic mass is 10.0. The van der Waals surface area contributed by atoms with Gasteiger partial charge in [-0.25, -0.2) is 4.79 Å². The fourth-order valence-electron chi connectivity index (χ4n) is 4.01. The van der Waals surface area contributed by atoms with Crippen molar-refractivity contribution in [2.45, 2.75) is 45.7 Å². The lowest BCUT2D eigenvalue weighted by Gasteiger charge is -2.06. The van der Waals surface area contributed by atoms with E-state index in [0.29, 0.717) is 23.1 Å². The molecule has 0 aliphatic heterocycles. The van der Waals surface area contributed by atoms with Gasteiger partial charge in [-0.05, 0) is 78.6 Å². The highest BCUT2D eigenvalue weighted by molar-refractivity contribution is 7.19. The monoisotopic (exact) mass is 473 g/mol. The molecule has 2 aromatic carbocycles. The van der Waals surface area contributed by atoms with Gasteiger partial charge in [-0.15, -0.1) is 11.3 Å². The highest BCUT2D eigenvalue weighted by Crippen LogP contribution is 2.38. The summed E-state index contributed by atoms with van der Waals surface area (Å²) in [7, 11) is 0. The predicted molar refractivity (Wildman–Crippen MR) is 124 cm³/mol. The molecule has 8 heteroatoms. The third-order valence-corrected chi connectivity index (χ3v) is 6.89. The Kier molecular flexibility index (Phi) is 6.30. The van der Waals surface area contributed by atoms with Crippen molar-refractivity contribution in [2.24, 2.45) is 0 Å². The first-order valence-electron chi connectivity index (χ1n) is 10.6. The number of aromatic nitrogens is 1. The Hall–Kier alpha value is -3.13. The molecule has 0 saturated carbocycles. The fourth-order valence-corrected chi connectivity index (χ4v) is 5.31. The van der Waals surface area contributed by atoms with E-state index in [1.54, 1.807) is 12.1 Å². The molecule has 4 nitrogen and oxygen atoms in total. The molecule has 0 atom stereocenters. The Morgan fingerprint density at radius 2 is 1.94 bits per heavy atom. The standard InChI is InChI=1S/C25H22F3NO3S/c1-3-4-17-18-7-6-16(25(26,27)28)13-23(18)33-22(17)9-8-20-19-11-14(2)15(5-10-24(30)31)12-21(19)32-29-20/h5-7,10-13H,3-4,8-9H2,1-2H3,(H,30,31). The molecule has 4 aromatic rings. The molecular formula is C25H22F3NO3S. The number of aliphatic carboxylic acids is 1. The van der Waals surface area contributed by atoms with E-state index in [0.717, 1.165) is 63.0 Å². The van der Waals surface area contributed by atoms with Crippen molar-refractivity contribution in [3.63, 3.8) is 0 Å². The van der Waals surface area contributed by atoms with E-state index in [4.69, 9.17) is 9.63 Å². The zero-order chi connectivity index (χ0) is 23.8. The largest absolute Gasteiger partial charge is 0.478 e. The van der Waals surface area contributed by atoms with E-state index < -0.39 is 17.7 Å². The Morgan fingerprint density at radius 1 is 1.15 bits per heavy atom. The second-order valence-corrected chi connectivity index (χ2v) is 9.11. The third-order valence-electron chi connectivity index (χ3n) is 5.63. The van der Waals surface area contributed by atoms with Gasteiger partial charge in [-0.1, -0.05) is 24.6 Å². The van der Waals surface area contributed by atoms with Gasteiger partial charge in [0, 0.05) is 21.0 Å². The lowest BCUT2D eigenvalue weighted by molar-refractivity contribution is -0.137. The molecule has 2 aromatic heterocycles. The summed E-state index contributed by atoms with van der Waals surface area (Å²) in [6, 6.07) is 7.67. The molecule has 172 valence electrons. The molecule has 0 amide bonds. The summed E-state index contributed by atoms with van der Waals surface area (Å²) in [6.45, 7) is 3.95. The molecule has 0 fully saturated rings. The molecule has 0 saturated heterocycles. The van der Waals surface area contributed by atoms with Crippen LogP contribution in [0, 0.1) is 6.92 Å². The topological polar surface area (TPSA) is 63.3 Å². The Balaban J connectivity index is 1.64. The first-order chi connectivity index (χ1) is 15.7. The van der Waals surface area contributed by atoms with Crippen molar-refractivity contribution in [3.05, 3.63) is 69.2 Å². The van der Waals surface area contributed by atoms with Crippen LogP contribution in [0.3, 0.4) is 0 Å². The maximum atomic E-state index is 13.2. The predicted octanol–water partition coefficient (Wildman–Crippen LogP) is 7.21. The maximum Gasteiger partial charge on any atom is 0.416 e. The summed E-state index contributed by atoms with van der Waals surface area (Å²) in [5, 5.41) is 14.8. The van der Waals surface area contributed by atoms with Gasteiger partial charge < -0.3 is 9.63 Å². The van der Waals surface area contributed by atoms with Crippen molar-refractivity contribution in [1.82, 2.24) is 5.16 Å². The normalized spacial score (nSPS) is 12.4. The van der Waals surface area contributed by atoms with Gasteiger partial charge in [0.2, 0.25) is 0 Å². The van der Waals surface area contributed by atoms with E-state index in [-0.39, 0.29) is 0 Å². The van der Waals surface area contributed by atoms with Crippen LogP contribution in [0.1, 0.15) is 46.2 Å². The van der Waals surface area contributed by atoms with Gasteiger partial charge in [-0.2, -0.15) is 13.2 Å². The first-order valence-corrected chi connectivity index (χ1v) is 11.4. The van der Waals surface area contributed by atoms with Crippen LogP contribution < -0.4 is 0 Å². The van der Waals surface area contributed by atoms with Crippen LogP contribution in [0.2, 0.25) is 0 Å². The number of rotatable bonds is 7. The maximum absolute atomic E-state index is 13.2. The van der Waals surface area contributed by atoms with Gasteiger partial charge in [-0.3, -0.25) is 0 Å². The van der Waals surface area contributed by atoms with Gasteiger partial charge >= 0.3 is 12.1 Å². The number of thiophene rings is 1. The molecule has 0 unspecified atom stereocenters. The molecule has 4 rings (SSSR count). The smallest absolute Gasteiger partial charge is 0.416 e. The van der Waals surface area contributed by atoms with Crippen LogP contribution >= 0.6 is 11.3 Å². The van der Waals surface area contributed by atoms with Crippen LogP contribution in [0.15, 0.2) is 40.9 Å². The van der Waals surface area contributed by atoms with E-state index in [1.807, 2.05) is 13.0 Å². The number of nitrogens with zero attached hydrogens (tertiary/aromatic N) is 1. The minimum absolute atomic E-state index is 0.570. The van der Waals surface area contributed by atoms with E-state index >= 15 is 0 Å². The number of carbonyl (C=O) groups is 1. The summed E-state index contributed by atoms with van der Waals surface area (Å²) < 4.78 is 45.6. The van der Waals surface area contributed by atoms with E-state index in [9.17, 15) is 18.0 Å². The molecule has 1 N–H and O–H groups in total. The van der Waals surface area contributed by atoms with Gasteiger partial charge in [0.05, 0.1) is 11.3 Å². The van der Waals surface area contributed by atoms with Gasteiger partial charge in [0.1, 0.15) is 0 Å². The second-order valence-electron chi connectivity index (χ2n) is 7.97. The van der Waals surface area contributed by atoms with Gasteiger partial charge in [0.25, 0.3) is 0 Å². The average molecular weight is 474 g/mol. The molecule has 2 heterocycles. The zero-order valence-electron chi connectivity index (χ0n) is 18.1. The first kappa shape index (κ1) is 23.0. The highest BCUT2D eigenvalue weighted by Gasteiger charge is 2.31. The summed E-state index contributed by atoms with van der Waals surface area (Å²) >= 11 is 1.41. The molecule has 33 heavy (non-hydrogen) atoms. The fraction of sp³-hybridized carbons (Fsp3) is 0.280. The lowest BCUT2D eigenvalue weighted by Crippen LogP contribution is -2.03. The minimum atomic E-state index is -4.36. The van der Waals surface area contributed by atoms with Crippen LogP contribution in [0.4, 0.5) is 13.2 Å². The molecule has 0 aliphatic carbocycles. The van der Waals surface area contributed by atoms with Crippen LogP contribution in [-0.2, 0) is 30.2 Å². The third kappa shape index (κ3) is 4.80. The van der Waals surface area contributed by atoms with Crippen molar-refractivity contribution in [2.75, 3.05) is 0 Å². The van der Waals surface area contributed by atoms with Crippen LogP contribution in [-0.4, -0.2) is 16.2 Å². The van der Waals surface area contributed by atoms with Crippen molar-refractivity contribution >= 4 is 44.4 Å². The van der Waals surface area contributed by atoms with Crippen LogP contribution in [0.25, 0.3) is 27.1 Å². The number of carboxylic acids is 1. The molecule has 0 spiro atoms. The number of hydrogen-bond acceptors (Lipinski definition) is 4. The molecule has 0 radical (unpaired) electrons. The molecule has 0 aliphatic rings. The van der Waals surface area contributed by atoms with Crippen molar-refractivity contribution < 1.29 is 27.6 Å².